The smallest absolute Gasteiger partial charge is 0.338 e. The average molecular weight is 373 g/mol. The van der Waals surface area contributed by atoms with E-state index in [9.17, 15) is 24.5 Å². The molecule has 2 aromatic rings. The van der Waals surface area contributed by atoms with E-state index in [0.29, 0.717) is 16.8 Å². The zero-order valence-electron chi connectivity index (χ0n) is 15.1. The van der Waals surface area contributed by atoms with Crippen molar-refractivity contribution < 1.29 is 19.2 Å². The minimum atomic E-state index is -0.763. The van der Waals surface area contributed by atoms with Gasteiger partial charge in [-0.15, -0.1) is 0 Å². The number of rotatable bonds is 6. The number of carbonyl (C=O) groups excluding carboxylic acids is 2. The van der Waals surface area contributed by atoms with E-state index in [1.165, 1.54) is 6.07 Å². The Kier molecular flexibility index (Phi) is 6.07. The number of ether oxygens (including phenoxy) is 1. The number of hydrogen-bond donors (Lipinski definition) is 2. The number of esters is 1. The number of benzene rings is 1. The number of nitro groups is 1. The molecule has 1 aromatic carbocycles. The van der Waals surface area contributed by atoms with Crippen LogP contribution in [-0.2, 0) is 11.3 Å². The van der Waals surface area contributed by atoms with E-state index in [-0.39, 0.29) is 29.8 Å². The lowest BCUT2D eigenvalue weighted by Gasteiger charge is -2.09. The monoisotopic (exact) mass is 373 g/mol. The third-order valence-corrected chi connectivity index (χ3v) is 3.82. The number of carbonyl (C=O) groups is 2. The van der Waals surface area contributed by atoms with Crippen molar-refractivity contribution in [3.63, 3.8) is 0 Å². The van der Waals surface area contributed by atoms with Crippen LogP contribution in [0.15, 0.2) is 29.1 Å². The lowest BCUT2D eigenvalue weighted by atomic mass is 10.1. The van der Waals surface area contributed by atoms with E-state index >= 15 is 0 Å². The molecule has 0 saturated heterocycles. The molecule has 1 aromatic heterocycles. The largest absolute Gasteiger partial charge is 0.462 e. The van der Waals surface area contributed by atoms with E-state index in [4.69, 9.17) is 4.74 Å². The SMILES string of the molecule is CCOC(=O)c1cc(C(=O)NCc2c(C)cc(C)[nH]c2=O)cc([N+](=O)[O-])c1. The highest BCUT2D eigenvalue weighted by atomic mass is 16.6. The maximum Gasteiger partial charge on any atom is 0.338 e. The average Bonchev–Trinajstić information content (AvgIpc) is 2.60. The van der Waals surface area contributed by atoms with Gasteiger partial charge in [0.2, 0.25) is 0 Å². The zero-order valence-corrected chi connectivity index (χ0v) is 15.1. The molecule has 0 saturated carbocycles. The van der Waals surface area contributed by atoms with Gasteiger partial charge in [0.15, 0.2) is 0 Å². The third kappa shape index (κ3) is 4.78. The van der Waals surface area contributed by atoms with E-state index < -0.39 is 22.5 Å². The van der Waals surface area contributed by atoms with Gasteiger partial charge in [-0.1, -0.05) is 0 Å². The van der Waals surface area contributed by atoms with Crippen molar-refractivity contribution in [2.24, 2.45) is 0 Å². The molecule has 9 heteroatoms. The van der Waals surface area contributed by atoms with Crippen molar-refractivity contribution in [1.29, 1.82) is 0 Å². The molecule has 0 unspecified atom stereocenters. The van der Waals surface area contributed by atoms with E-state index in [2.05, 4.69) is 10.3 Å². The van der Waals surface area contributed by atoms with Crippen molar-refractivity contribution in [3.8, 4) is 0 Å². The first-order chi connectivity index (χ1) is 12.7. The van der Waals surface area contributed by atoms with Gasteiger partial charge in [-0.2, -0.15) is 0 Å². The molecular weight excluding hydrogens is 354 g/mol. The number of nitrogens with one attached hydrogen (secondary N) is 2. The van der Waals surface area contributed by atoms with Crippen LogP contribution in [0.1, 0.15) is 44.5 Å². The van der Waals surface area contributed by atoms with Gasteiger partial charge in [-0.05, 0) is 38.5 Å². The number of aromatic amines is 1. The van der Waals surface area contributed by atoms with E-state index in [0.717, 1.165) is 12.1 Å². The summed E-state index contributed by atoms with van der Waals surface area (Å²) in [4.78, 5) is 49.3. The van der Waals surface area contributed by atoms with Gasteiger partial charge >= 0.3 is 5.97 Å². The van der Waals surface area contributed by atoms with Crippen LogP contribution < -0.4 is 10.9 Å². The fourth-order valence-electron chi connectivity index (χ4n) is 2.55. The van der Waals surface area contributed by atoms with Crippen LogP contribution in [0.25, 0.3) is 0 Å². The number of nitro benzene ring substituents is 1. The number of pyridine rings is 1. The van der Waals surface area contributed by atoms with Crippen LogP contribution in [0.2, 0.25) is 0 Å². The summed E-state index contributed by atoms with van der Waals surface area (Å²) in [6, 6.07) is 5.09. The van der Waals surface area contributed by atoms with Crippen LogP contribution in [0.5, 0.6) is 0 Å². The summed E-state index contributed by atoms with van der Waals surface area (Å²) < 4.78 is 4.83. The van der Waals surface area contributed by atoms with Crippen LogP contribution in [0, 0.1) is 24.0 Å². The normalized spacial score (nSPS) is 10.3. The molecular formula is C18H19N3O6. The molecule has 0 aliphatic rings. The number of aromatic nitrogens is 1. The van der Waals surface area contributed by atoms with Gasteiger partial charge in [0.05, 0.1) is 17.1 Å². The Bertz CT molecular complexity index is 964. The molecule has 0 bridgehead atoms. The number of non-ortho nitro benzene ring substituents is 1. The van der Waals surface area contributed by atoms with E-state index in [1.807, 2.05) is 0 Å². The minimum Gasteiger partial charge on any atom is -0.462 e. The number of hydrogen-bond acceptors (Lipinski definition) is 6. The molecule has 9 nitrogen and oxygen atoms in total. The fraction of sp³-hybridized carbons (Fsp3) is 0.278. The van der Waals surface area contributed by atoms with Crippen LogP contribution in [0.3, 0.4) is 0 Å². The number of H-pyrrole nitrogens is 1. The summed E-state index contributed by atoms with van der Waals surface area (Å²) in [6.07, 6.45) is 0. The first-order valence-electron chi connectivity index (χ1n) is 8.17. The molecule has 0 radical (unpaired) electrons. The summed E-state index contributed by atoms with van der Waals surface area (Å²) >= 11 is 0. The predicted molar refractivity (Wildman–Crippen MR) is 96.8 cm³/mol. The van der Waals surface area contributed by atoms with Crippen molar-refractivity contribution >= 4 is 17.6 Å². The lowest BCUT2D eigenvalue weighted by Crippen LogP contribution is -2.28. The molecule has 0 spiro atoms. The Morgan fingerprint density at radius 3 is 2.44 bits per heavy atom. The Morgan fingerprint density at radius 1 is 1.19 bits per heavy atom. The number of aryl methyl sites for hydroxylation is 2. The second kappa shape index (κ2) is 8.26. The highest BCUT2D eigenvalue weighted by Gasteiger charge is 2.19. The Morgan fingerprint density at radius 2 is 1.85 bits per heavy atom. The molecule has 2 N–H and O–H groups in total. The quantitative estimate of drug-likeness (QED) is 0.452. The predicted octanol–water partition coefficient (Wildman–Crippen LogP) is 2.01. The van der Waals surface area contributed by atoms with Gasteiger partial charge in [0.1, 0.15) is 0 Å². The molecule has 1 amide bonds. The fourth-order valence-corrected chi connectivity index (χ4v) is 2.55. The van der Waals surface area contributed by atoms with Crippen molar-refractivity contribution in [2.75, 3.05) is 6.61 Å². The Balaban J connectivity index is 2.29. The summed E-state index contributed by atoms with van der Waals surface area (Å²) in [5.74, 6) is -1.41. The zero-order chi connectivity index (χ0) is 20.1. The molecule has 142 valence electrons. The summed E-state index contributed by atoms with van der Waals surface area (Å²) in [5.41, 5.74) is 0.890. The molecule has 1 heterocycles. The van der Waals surface area contributed by atoms with Crippen molar-refractivity contribution in [2.45, 2.75) is 27.3 Å². The first-order valence-corrected chi connectivity index (χ1v) is 8.17. The standard InChI is InChI=1S/C18H19N3O6/c1-4-27-18(24)13-6-12(7-14(8-13)21(25)26)16(22)19-9-15-10(2)5-11(3)20-17(15)23/h5-8H,4,9H2,1-3H3,(H,19,22)(H,20,23). The molecule has 2 rings (SSSR count). The number of nitrogens with zero attached hydrogens (tertiary/aromatic N) is 1. The van der Waals surface area contributed by atoms with Crippen LogP contribution >= 0.6 is 0 Å². The Labute approximate surface area is 154 Å². The van der Waals surface area contributed by atoms with Gasteiger partial charge in [0.25, 0.3) is 17.2 Å². The summed E-state index contributed by atoms with van der Waals surface area (Å²) in [6.45, 7) is 5.13. The van der Waals surface area contributed by atoms with Crippen LogP contribution in [0.4, 0.5) is 5.69 Å². The topological polar surface area (TPSA) is 131 Å². The Hall–Kier alpha value is -3.49. The van der Waals surface area contributed by atoms with Gasteiger partial charge < -0.3 is 15.0 Å². The summed E-state index contributed by atoms with van der Waals surface area (Å²) in [5, 5.41) is 13.6. The molecule has 0 fully saturated rings. The molecule has 0 atom stereocenters. The molecule has 27 heavy (non-hydrogen) atoms. The second-order valence-electron chi connectivity index (χ2n) is 5.87. The van der Waals surface area contributed by atoms with Crippen molar-refractivity contribution in [1.82, 2.24) is 10.3 Å². The van der Waals surface area contributed by atoms with Crippen molar-refractivity contribution in [3.05, 3.63) is 72.7 Å². The minimum absolute atomic E-state index is 0.0578. The van der Waals surface area contributed by atoms with E-state index in [1.54, 1.807) is 26.8 Å². The van der Waals surface area contributed by atoms with Gasteiger partial charge in [-0.25, -0.2) is 4.79 Å². The lowest BCUT2D eigenvalue weighted by molar-refractivity contribution is -0.384. The highest BCUT2D eigenvalue weighted by molar-refractivity contribution is 5.99. The summed E-state index contributed by atoms with van der Waals surface area (Å²) in [7, 11) is 0. The highest BCUT2D eigenvalue weighted by Crippen LogP contribution is 2.18. The van der Waals surface area contributed by atoms with Gasteiger partial charge in [0, 0.05) is 35.5 Å². The maximum atomic E-state index is 12.4. The molecule has 0 aliphatic carbocycles. The third-order valence-electron chi connectivity index (χ3n) is 3.82. The molecule has 0 aliphatic heterocycles. The first kappa shape index (κ1) is 19.8. The maximum absolute atomic E-state index is 12.4. The number of amides is 1. The second-order valence-corrected chi connectivity index (χ2v) is 5.87. The van der Waals surface area contributed by atoms with Crippen LogP contribution in [-0.4, -0.2) is 28.4 Å². The van der Waals surface area contributed by atoms with Gasteiger partial charge in [-0.3, -0.25) is 19.7 Å².